The van der Waals surface area contributed by atoms with Crippen molar-refractivity contribution < 1.29 is 32.2 Å². The first-order chi connectivity index (χ1) is 20.1. The van der Waals surface area contributed by atoms with Crippen molar-refractivity contribution in [1.29, 1.82) is 0 Å². The third-order valence-corrected chi connectivity index (χ3v) is 7.78. The molecule has 0 heterocycles. The van der Waals surface area contributed by atoms with Crippen molar-refractivity contribution in [3.63, 3.8) is 0 Å². The summed E-state index contributed by atoms with van der Waals surface area (Å²) in [6, 6.07) is 20.3. The lowest BCUT2D eigenvalue weighted by atomic mass is 10.0. The van der Waals surface area contributed by atoms with E-state index in [-0.39, 0.29) is 24.6 Å². The minimum Gasteiger partial charge on any atom is -0.497 e. The first-order valence-electron chi connectivity index (χ1n) is 13.5. The van der Waals surface area contributed by atoms with Gasteiger partial charge in [0.15, 0.2) is 11.5 Å². The molecule has 1 atom stereocenters. The van der Waals surface area contributed by atoms with Gasteiger partial charge in [0.05, 0.1) is 33.3 Å². The second-order valence-corrected chi connectivity index (χ2v) is 11.6. The maximum absolute atomic E-state index is 14.2. The van der Waals surface area contributed by atoms with Crippen LogP contribution in [0.15, 0.2) is 72.8 Å². The Morgan fingerprint density at radius 2 is 1.55 bits per heavy atom. The van der Waals surface area contributed by atoms with Crippen LogP contribution in [-0.2, 0) is 32.6 Å². The number of amides is 2. The van der Waals surface area contributed by atoms with E-state index in [0.29, 0.717) is 23.8 Å². The predicted molar refractivity (Wildman–Crippen MR) is 163 cm³/mol. The number of sulfonamides is 1. The molecule has 226 valence electrons. The summed E-state index contributed by atoms with van der Waals surface area (Å²) in [6.07, 6.45) is 1.98. The summed E-state index contributed by atoms with van der Waals surface area (Å²) in [5, 5.41) is 2.92. The Morgan fingerprint density at radius 1 is 0.857 bits per heavy atom. The van der Waals surface area contributed by atoms with E-state index >= 15 is 0 Å². The number of hydrogen-bond acceptors (Lipinski definition) is 7. The van der Waals surface area contributed by atoms with Crippen molar-refractivity contribution in [3.8, 4) is 17.2 Å². The fourth-order valence-electron chi connectivity index (χ4n) is 4.48. The third kappa shape index (κ3) is 8.62. The van der Waals surface area contributed by atoms with Crippen LogP contribution in [0, 0.1) is 0 Å². The molecule has 0 aliphatic carbocycles. The van der Waals surface area contributed by atoms with Crippen LogP contribution in [0.25, 0.3) is 0 Å². The third-order valence-electron chi connectivity index (χ3n) is 6.64. The Bertz CT molecular complexity index is 1450. The van der Waals surface area contributed by atoms with Gasteiger partial charge in [-0.15, -0.1) is 0 Å². The number of rotatable bonds is 15. The summed E-state index contributed by atoms with van der Waals surface area (Å²) in [6.45, 7) is 1.90. The van der Waals surface area contributed by atoms with E-state index in [2.05, 4.69) is 5.32 Å². The van der Waals surface area contributed by atoms with Gasteiger partial charge in [-0.2, -0.15) is 0 Å². The normalized spacial score (nSPS) is 11.7. The van der Waals surface area contributed by atoms with Gasteiger partial charge >= 0.3 is 0 Å². The lowest BCUT2D eigenvalue weighted by Gasteiger charge is -2.33. The maximum atomic E-state index is 14.2. The molecular formula is C31H39N3O7S. The molecule has 0 fully saturated rings. The average Bonchev–Trinajstić information content (AvgIpc) is 2.99. The largest absolute Gasteiger partial charge is 0.497 e. The summed E-state index contributed by atoms with van der Waals surface area (Å²) < 4.78 is 43.0. The molecule has 0 radical (unpaired) electrons. The zero-order chi connectivity index (χ0) is 30.7. The molecule has 0 unspecified atom stereocenters. The predicted octanol–water partition coefficient (Wildman–Crippen LogP) is 3.64. The van der Waals surface area contributed by atoms with E-state index in [1.165, 1.54) is 31.3 Å². The van der Waals surface area contributed by atoms with E-state index < -0.39 is 28.5 Å². The molecule has 42 heavy (non-hydrogen) atoms. The van der Waals surface area contributed by atoms with E-state index in [4.69, 9.17) is 14.2 Å². The van der Waals surface area contributed by atoms with Crippen LogP contribution >= 0.6 is 0 Å². The Morgan fingerprint density at radius 3 is 2.17 bits per heavy atom. The molecule has 0 aromatic heterocycles. The summed E-state index contributed by atoms with van der Waals surface area (Å²) in [7, 11) is 0.538. The number of carbonyl (C=O) groups excluding carboxylic acids is 2. The highest BCUT2D eigenvalue weighted by atomic mass is 32.2. The van der Waals surface area contributed by atoms with E-state index in [0.717, 1.165) is 28.1 Å². The van der Waals surface area contributed by atoms with Gasteiger partial charge in [0.2, 0.25) is 21.8 Å². The fraction of sp³-hybridized carbons (Fsp3) is 0.355. The highest BCUT2D eigenvalue weighted by Gasteiger charge is 2.33. The number of anilines is 1. The van der Waals surface area contributed by atoms with Crippen molar-refractivity contribution in [2.75, 3.05) is 45.0 Å². The van der Waals surface area contributed by atoms with Gasteiger partial charge in [0.1, 0.15) is 18.3 Å². The Hall–Kier alpha value is -4.25. The summed E-state index contributed by atoms with van der Waals surface area (Å²) in [5.74, 6) is 0.444. The maximum Gasteiger partial charge on any atom is 0.244 e. The van der Waals surface area contributed by atoms with Gasteiger partial charge in [0.25, 0.3) is 0 Å². The van der Waals surface area contributed by atoms with Crippen molar-refractivity contribution in [2.45, 2.75) is 32.4 Å². The Labute approximate surface area is 248 Å². The van der Waals surface area contributed by atoms with Gasteiger partial charge in [-0.1, -0.05) is 49.4 Å². The summed E-state index contributed by atoms with van der Waals surface area (Å²) in [4.78, 5) is 29.2. The Balaban J connectivity index is 2.08. The topological polar surface area (TPSA) is 114 Å². The van der Waals surface area contributed by atoms with Crippen LogP contribution in [0.3, 0.4) is 0 Å². The highest BCUT2D eigenvalue weighted by Crippen LogP contribution is 2.32. The zero-order valence-corrected chi connectivity index (χ0v) is 25.5. The molecule has 0 bridgehead atoms. The number of nitrogens with one attached hydrogen (secondary N) is 1. The highest BCUT2D eigenvalue weighted by molar-refractivity contribution is 7.92. The number of benzene rings is 3. The zero-order valence-electron chi connectivity index (χ0n) is 24.7. The molecule has 0 spiro atoms. The number of ether oxygens (including phenoxy) is 3. The molecule has 1 N–H and O–H groups in total. The molecule has 3 aromatic rings. The molecule has 3 aromatic carbocycles. The van der Waals surface area contributed by atoms with Crippen LogP contribution in [0.2, 0.25) is 0 Å². The van der Waals surface area contributed by atoms with Gasteiger partial charge in [-0.3, -0.25) is 13.9 Å². The minimum atomic E-state index is -3.92. The van der Waals surface area contributed by atoms with Crippen molar-refractivity contribution in [2.24, 2.45) is 0 Å². The summed E-state index contributed by atoms with van der Waals surface area (Å²) in [5.41, 5.74) is 1.80. The van der Waals surface area contributed by atoms with Gasteiger partial charge in [-0.05, 0) is 41.8 Å². The molecule has 2 amide bonds. The Kier molecular flexibility index (Phi) is 11.6. The molecular weight excluding hydrogens is 558 g/mol. The van der Waals surface area contributed by atoms with Crippen LogP contribution in [-0.4, -0.2) is 71.8 Å². The second kappa shape index (κ2) is 15.1. The van der Waals surface area contributed by atoms with Crippen molar-refractivity contribution in [3.05, 3.63) is 83.9 Å². The number of hydrogen-bond donors (Lipinski definition) is 1. The minimum absolute atomic E-state index is 0.0522. The summed E-state index contributed by atoms with van der Waals surface area (Å²) >= 11 is 0. The van der Waals surface area contributed by atoms with Gasteiger partial charge in [0, 0.05) is 25.6 Å². The van der Waals surface area contributed by atoms with Gasteiger partial charge < -0.3 is 24.4 Å². The van der Waals surface area contributed by atoms with E-state index in [1.54, 1.807) is 31.4 Å². The number of carbonyl (C=O) groups is 2. The smallest absolute Gasteiger partial charge is 0.244 e. The lowest BCUT2D eigenvalue weighted by molar-refractivity contribution is -0.140. The van der Waals surface area contributed by atoms with Crippen molar-refractivity contribution in [1.82, 2.24) is 10.2 Å². The molecule has 3 rings (SSSR count). The van der Waals surface area contributed by atoms with Crippen LogP contribution < -0.4 is 23.8 Å². The average molecular weight is 598 g/mol. The van der Waals surface area contributed by atoms with Crippen LogP contribution in [0.5, 0.6) is 17.2 Å². The molecule has 11 heteroatoms. The molecule has 0 aliphatic rings. The monoisotopic (exact) mass is 597 g/mol. The number of nitrogens with zero attached hydrogens (tertiary/aromatic N) is 2. The standard InChI is InChI=1S/C31H39N3O7S/c1-6-17-32-31(36)27(19-23-11-8-7-9-12-23)33(21-24-13-10-14-26(18-24)39-2)30(35)22-34(42(5,37)38)25-15-16-28(40-3)29(20-25)41-4/h7-16,18,20,27H,6,17,19,21-22H2,1-5H3,(H,32,36)/t27-/m0/s1. The van der Waals surface area contributed by atoms with Gasteiger partial charge in [-0.25, -0.2) is 8.42 Å². The van der Waals surface area contributed by atoms with E-state index in [1.807, 2.05) is 43.3 Å². The molecule has 10 nitrogen and oxygen atoms in total. The fourth-order valence-corrected chi connectivity index (χ4v) is 5.32. The number of methoxy groups -OCH3 is 3. The SMILES string of the molecule is CCCNC(=O)[C@H](Cc1ccccc1)N(Cc1cccc(OC)c1)C(=O)CN(c1ccc(OC)c(OC)c1)S(C)(=O)=O. The second-order valence-electron chi connectivity index (χ2n) is 9.68. The molecule has 0 aliphatic heterocycles. The van der Waals surface area contributed by atoms with Crippen LogP contribution in [0.4, 0.5) is 5.69 Å². The van der Waals surface area contributed by atoms with Crippen LogP contribution in [0.1, 0.15) is 24.5 Å². The lowest BCUT2D eigenvalue weighted by Crippen LogP contribution is -2.53. The first kappa shape index (κ1) is 32.3. The van der Waals surface area contributed by atoms with E-state index in [9.17, 15) is 18.0 Å². The first-order valence-corrected chi connectivity index (χ1v) is 15.4. The quantitative estimate of drug-likeness (QED) is 0.285. The molecule has 0 saturated heterocycles. The molecule has 0 saturated carbocycles. The van der Waals surface area contributed by atoms with Crippen molar-refractivity contribution >= 4 is 27.5 Å².